The third-order valence-corrected chi connectivity index (χ3v) is 3.22. The van der Waals surface area contributed by atoms with E-state index in [1.165, 1.54) is 0 Å². The minimum Gasteiger partial charge on any atom is -0.484 e. The molecule has 0 unspecified atom stereocenters. The van der Waals surface area contributed by atoms with Crippen LogP contribution in [0.4, 0.5) is 0 Å². The molecule has 1 amide bonds. The van der Waals surface area contributed by atoms with Gasteiger partial charge in [0.2, 0.25) is 0 Å². The van der Waals surface area contributed by atoms with Crippen LogP contribution in [0.2, 0.25) is 10.0 Å². The second-order valence-corrected chi connectivity index (χ2v) is 5.23. The molecule has 0 saturated carbocycles. The summed E-state index contributed by atoms with van der Waals surface area (Å²) in [5.41, 5.74) is 0. The van der Waals surface area contributed by atoms with Gasteiger partial charge >= 0.3 is 0 Å². The highest BCUT2D eigenvalue weighted by Gasteiger charge is 2.11. The number of rotatable bonds is 6. The molecule has 0 fully saturated rings. The van der Waals surface area contributed by atoms with Gasteiger partial charge < -0.3 is 14.5 Å². The highest BCUT2D eigenvalue weighted by Crippen LogP contribution is 2.28. The molecule has 0 aliphatic carbocycles. The maximum atomic E-state index is 11.7. The molecular formula is C15H15Cl2NO3. The van der Waals surface area contributed by atoms with E-state index in [4.69, 9.17) is 32.4 Å². The summed E-state index contributed by atoms with van der Waals surface area (Å²) in [5, 5.41) is 3.71. The molecule has 6 heteroatoms. The van der Waals surface area contributed by atoms with Gasteiger partial charge in [0, 0.05) is 11.6 Å². The Morgan fingerprint density at radius 2 is 2.10 bits per heavy atom. The lowest BCUT2D eigenvalue weighted by Crippen LogP contribution is -2.23. The fraction of sp³-hybridized carbons (Fsp3) is 0.267. The van der Waals surface area contributed by atoms with Crippen LogP contribution < -0.4 is 10.1 Å². The minimum atomic E-state index is -0.229. The number of nitrogens with one attached hydrogen (secondary N) is 1. The minimum absolute atomic E-state index is 0.183. The van der Waals surface area contributed by atoms with Crippen LogP contribution in [0.3, 0.4) is 0 Å². The lowest BCUT2D eigenvalue weighted by atomic mass is 10.3. The summed E-state index contributed by atoms with van der Waals surface area (Å²) in [6, 6.07) is 8.29. The molecule has 1 aromatic carbocycles. The van der Waals surface area contributed by atoms with Crippen LogP contribution in [-0.4, -0.2) is 12.5 Å². The summed E-state index contributed by atoms with van der Waals surface area (Å²) in [6.45, 7) is 2.78. The van der Waals surface area contributed by atoms with E-state index in [1.807, 2.05) is 6.92 Å². The number of furan rings is 1. The van der Waals surface area contributed by atoms with Crippen LogP contribution >= 0.6 is 23.2 Å². The Bertz CT molecular complexity index is 625. The van der Waals surface area contributed by atoms with Gasteiger partial charge in [-0.15, -0.1) is 0 Å². The second-order valence-electron chi connectivity index (χ2n) is 4.39. The van der Waals surface area contributed by atoms with E-state index in [9.17, 15) is 4.79 Å². The van der Waals surface area contributed by atoms with Crippen molar-refractivity contribution in [2.45, 2.75) is 20.0 Å². The van der Waals surface area contributed by atoms with Crippen molar-refractivity contribution in [2.75, 3.05) is 6.54 Å². The monoisotopic (exact) mass is 327 g/mol. The van der Waals surface area contributed by atoms with Crippen molar-refractivity contribution in [3.05, 3.63) is 51.9 Å². The van der Waals surface area contributed by atoms with E-state index >= 15 is 0 Å². The largest absolute Gasteiger partial charge is 0.484 e. The molecule has 2 rings (SSSR count). The van der Waals surface area contributed by atoms with Crippen molar-refractivity contribution >= 4 is 29.1 Å². The predicted molar refractivity (Wildman–Crippen MR) is 82.1 cm³/mol. The number of halogens is 2. The van der Waals surface area contributed by atoms with Crippen molar-refractivity contribution in [3.63, 3.8) is 0 Å². The summed E-state index contributed by atoms with van der Waals surface area (Å²) < 4.78 is 11.0. The molecule has 1 aromatic heterocycles. The molecule has 21 heavy (non-hydrogen) atoms. The quantitative estimate of drug-likeness (QED) is 0.860. The molecule has 1 N–H and O–H groups in total. The van der Waals surface area contributed by atoms with Gasteiger partial charge in [0.05, 0.1) is 5.02 Å². The summed E-state index contributed by atoms with van der Waals surface area (Å²) in [6.07, 6.45) is 0.873. The lowest BCUT2D eigenvalue weighted by Gasteiger charge is -2.06. The number of hydrogen-bond donors (Lipinski definition) is 1. The van der Waals surface area contributed by atoms with Gasteiger partial charge in [-0.05, 0) is 36.8 Å². The molecule has 0 aliphatic heterocycles. The van der Waals surface area contributed by atoms with E-state index in [0.29, 0.717) is 28.1 Å². The molecular weight excluding hydrogens is 313 g/mol. The van der Waals surface area contributed by atoms with Gasteiger partial charge in [-0.3, -0.25) is 4.79 Å². The molecule has 1 heterocycles. The molecule has 0 atom stereocenters. The maximum Gasteiger partial charge on any atom is 0.286 e. The molecule has 0 spiro atoms. The van der Waals surface area contributed by atoms with Gasteiger partial charge in [-0.1, -0.05) is 30.1 Å². The third-order valence-electron chi connectivity index (χ3n) is 2.68. The molecule has 0 aliphatic rings. The summed E-state index contributed by atoms with van der Waals surface area (Å²) in [4.78, 5) is 11.7. The van der Waals surface area contributed by atoms with Crippen molar-refractivity contribution in [1.29, 1.82) is 0 Å². The van der Waals surface area contributed by atoms with Gasteiger partial charge in [-0.2, -0.15) is 0 Å². The number of carbonyl (C=O) groups is 1. The SMILES string of the molecule is CCCNC(=O)c1ccc(COc2ccc(Cl)cc2Cl)o1. The topological polar surface area (TPSA) is 51.5 Å². The van der Waals surface area contributed by atoms with Crippen LogP contribution in [0.5, 0.6) is 5.75 Å². The zero-order chi connectivity index (χ0) is 15.2. The number of benzene rings is 1. The number of amides is 1. The average molecular weight is 328 g/mol. The number of hydrogen-bond acceptors (Lipinski definition) is 3. The standard InChI is InChI=1S/C15H15Cl2NO3/c1-2-7-18-15(19)14-6-4-11(21-14)9-20-13-5-3-10(16)8-12(13)17/h3-6,8H,2,7,9H2,1H3,(H,18,19). The van der Waals surface area contributed by atoms with E-state index in [2.05, 4.69) is 5.32 Å². The van der Waals surface area contributed by atoms with Crippen molar-refractivity contribution in [1.82, 2.24) is 5.32 Å². The normalized spacial score (nSPS) is 10.4. The second kappa shape index (κ2) is 7.38. The van der Waals surface area contributed by atoms with Crippen molar-refractivity contribution < 1.29 is 13.9 Å². The summed E-state index contributed by atoms with van der Waals surface area (Å²) in [5.74, 6) is 1.09. The van der Waals surface area contributed by atoms with Crippen molar-refractivity contribution in [3.8, 4) is 5.75 Å². The Kier molecular flexibility index (Phi) is 5.53. The van der Waals surface area contributed by atoms with E-state index in [0.717, 1.165) is 6.42 Å². The molecule has 0 bridgehead atoms. The first-order chi connectivity index (χ1) is 10.1. The van der Waals surface area contributed by atoms with Crippen LogP contribution in [0.25, 0.3) is 0 Å². The van der Waals surface area contributed by atoms with Crippen LogP contribution in [-0.2, 0) is 6.61 Å². The average Bonchev–Trinajstić information content (AvgIpc) is 2.93. The van der Waals surface area contributed by atoms with Gasteiger partial charge in [0.1, 0.15) is 18.1 Å². The fourth-order valence-corrected chi connectivity index (χ4v) is 2.11. The summed E-state index contributed by atoms with van der Waals surface area (Å²) >= 11 is 11.8. The van der Waals surface area contributed by atoms with E-state index in [-0.39, 0.29) is 18.3 Å². The smallest absolute Gasteiger partial charge is 0.286 e. The van der Waals surface area contributed by atoms with Crippen LogP contribution in [0, 0.1) is 0 Å². The van der Waals surface area contributed by atoms with Gasteiger partial charge in [0.15, 0.2) is 5.76 Å². The zero-order valence-electron chi connectivity index (χ0n) is 11.5. The van der Waals surface area contributed by atoms with E-state index in [1.54, 1.807) is 30.3 Å². The number of carbonyl (C=O) groups excluding carboxylic acids is 1. The fourth-order valence-electron chi connectivity index (χ4n) is 1.64. The Labute approximate surface area is 133 Å². The Morgan fingerprint density at radius 1 is 1.29 bits per heavy atom. The Hall–Kier alpha value is -1.65. The maximum absolute atomic E-state index is 11.7. The van der Waals surface area contributed by atoms with Crippen molar-refractivity contribution in [2.24, 2.45) is 0 Å². The van der Waals surface area contributed by atoms with Crippen LogP contribution in [0.1, 0.15) is 29.7 Å². The van der Waals surface area contributed by atoms with E-state index < -0.39 is 0 Å². The molecule has 2 aromatic rings. The molecule has 0 saturated heterocycles. The number of ether oxygens (including phenoxy) is 1. The molecule has 112 valence electrons. The van der Waals surface area contributed by atoms with Gasteiger partial charge in [-0.25, -0.2) is 0 Å². The third kappa shape index (κ3) is 4.41. The summed E-state index contributed by atoms with van der Waals surface area (Å²) in [7, 11) is 0. The first-order valence-electron chi connectivity index (χ1n) is 6.55. The highest BCUT2D eigenvalue weighted by molar-refractivity contribution is 6.35. The first kappa shape index (κ1) is 15.7. The molecule has 4 nitrogen and oxygen atoms in total. The van der Waals surface area contributed by atoms with Crippen LogP contribution in [0.15, 0.2) is 34.7 Å². The first-order valence-corrected chi connectivity index (χ1v) is 7.30. The predicted octanol–water partition coefficient (Wildman–Crippen LogP) is 4.31. The Balaban J connectivity index is 1.95. The van der Waals surface area contributed by atoms with Gasteiger partial charge in [0.25, 0.3) is 5.91 Å². The molecule has 0 radical (unpaired) electrons. The highest BCUT2D eigenvalue weighted by atomic mass is 35.5. The zero-order valence-corrected chi connectivity index (χ0v) is 13.0. The Morgan fingerprint density at radius 3 is 2.81 bits per heavy atom. The lowest BCUT2D eigenvalue weighted by molar-refractivity contribution is 0.0922.